The average molecular weight is 793 g/mol. The summed E-state index contributed by atoms with van der Waals surface area (Å²) in [4.78, 5) is 31.6. The first kappa shape index (κ1) is 40.7. The number of fused-ring (bicyclic) bond motifs is 2. The molecule has 0 spiro atoms. The summed E-state index contributed by atoms with van der Waals surface area (Å²) in [6.45, 7) is 3.19. The number of aromatic amines is 1. The monoisotopic (exact) mass is 792 g/mol. The van der Waals surface area contributed by atoms with E-state index in [-0.39, 0.29) is 13.2 Å². The van der Waals surface area contributed by atoms with Crippen LogP contribution in [0.1, 0.15) is 101 Å². The lowest BCUT2D eigenvalue weighted by molar-refractivity contribution is -0.217. The fourth-order valence-electron chi connectivity index (χ4n) is 7.20. The number of nitrogens with zero attached hydrogens (tertiary/aromatic N) is 7. The van der Waals surface area contributed by atoms with Gasteiger partial charge in [-0.25, -0.2) is 14.3 Å². The van der Waals surface area contributed by atoms with Crippen molar-refractivity contribution in [2.75, 3.05) is 11.5 Å². The van der Waals surface area contributed by atoms with Gasteiger partial charge in [0.1, 0.15) is 29.5 Å². The lowest BCUT2D eigenvalue weighted by Gasteiger charge is -2.22. The fraction of sp³-hybridized carbons (Fsp3) is 0.340. The Bertz CT molecular complexity index is 2420. The highest BCUT2D eigenvalue weighted by Crippen LogP contribution is 2.27. The minimum atomic E-state index is -0.439. The van der Waals surface area contributed by atoms with E-state index in [1.165, 1.54) is 75.3 Å². The van der Waals surface area contributed by atoms with E-state index in [1.54, 1.807) is 39.9 Å². The molecular formula is C47H52N8O4. The van der Waals surface area contributed by atoms with E-state index < -0.39 is 6.03 Å². The SMILES string of the molecule is CCCCCCCCCCCCCCOc1ccc(-c2nc3c(C#N)c(CN(C(=O)n4nnc5ccc(COOc6ccccc6)cc54)c4ccccc4)cn3[nH]2)cc1. The van der Waals surface area contributed by atoms with E-state index in [4.69, 9.17) is 19.5 Å². The van der Waals surface area contributed by atoms with E-state index in [2.05, 4.69) is 28.4 Å². The molecule has 0 radical (unpaired) electrons. The second-order valence-electron chi connectivity index (χ2n) is 14.9. The number of unbranched alkanes of at least 4 members (excludes halogenated alkanes) is 11. The first-order valence-corrected chi connectivity index (χ1v) is 20.9. The number of rotatable bonds is 22. The van der Waals surface area contributed by atoms with Crippen LogP contribution in [0.4, 0.5) is 10.5 Å². The van der Waals surface area contributed by atoms with Crippen molar-refractivity contribution in [3.63, 3.8) is 0 Å². The molecule has 59 heavy (non-hydrogen) atoms. The molecule has 12 nitrogen and oxygen atoms in total. The highest BCUT2D eigenvalue weighted by molar-refractivity contribution is 5.98. The van der Waals surface area contributed by atoms with E-state index >= 15 is 0 Å². The molecule has 0 fully saturated rings. The predicted octanol–water partition coefficient (Wildman–Crippen LogP) is 11.2. The van der Waals surface area contributed by atoms with E-state index in [0.717, 1.165) is 23.3 Å². The Morgan fingerprint density at radius 3 is 2.17 bits per heavy atom. The summed E-state index contributed by atoms with van der Waals surface area (Å²) in [5.41, 5.74) is 4.77. The number of H-pyrrole nitrogens is 1. The molecule has 7 aromatic rings. The van der Waals surface area contributed by atoms with Crippen LogP contribution in [0.2, 0.25) is 0 Å². The highest BCUT2D eigenvalue weighted by Gasteiger charge is 2.25. The molecule has 0 saturated heterocycles. The summed E-state index contributed by atoms with van der Waals surface area (Å²) in [6, 6.07) is 33.7. The Balaban J connectivity index is 0.967. The Labute approximate surface area is 345 Å². The number of ether oxygens (including phenoxy) is 1. The topological polar surface area (TPSA) is 136 Å². The van der Waals surface area contributed by atoms with Crippen LogP contribution in [0.5, 0.6) is 11.5 Å². The minimum Gasteiger partial charge on any atom is -0.494 e. The van der Waals surface area contributed by atoms with Gasteiger partial charge in [-0.2, -0.15) is 14.8 Å². The molecule has 0 atom stereocenters. The van der Waals surface area contributed by atoms with Crippen molar-refractivity contribution in [2.24, 2.45) is 0 Å². The van der Waals surface area contributed by atoms with Crippen LogP contribution in [-0.2, 0) is 18.0 Å². The molecule has 7 rings (SSSR count). The van der Waals surface area contributed by atoms with E-state index in [9.17, 15) is 10.1 Å². The van der Waals surface area contributed by atoms with Crippen LogP contribution < -0.4 is 14.5 Å². The zero-order chi connectivity index (χ0) is 40.7. The van der Waals surface area contributed by atoms with Gasteiger partial charge in [-0.05, 0) is 72.6 Å². The van der Waals surface area contributed by atoms with Gasteiger partial charge in [-0.3, -0.25) is 10.00 Å². The number of para-hydroxylation sites is 2. The Hall–Kier alpha value is -6.45. The Morgan fingerprint density at radius 2 is 1.47 bits per heavy atom. The number of carbonyl (C=O) groups excluding carboxylic acids is 1. The number of aromatic nitrogens is 6. The quantitative estimate of drug-likeness (QED) is 0.0407. The molecule has 0 saturated carbocycles. The first-order valence-electron chi connectivity index (χ1n) is 20.9. The van der Waals surface area contributed by atoms with Crippen molar-refractivity contribution in [1.29, 1.82) is 5.26 Å². The summed E-state index contributed by atoms with van der Waals surface area (Å²) in [6.07, 6.45) is 17.6. The normalized spacial score (nSPS) is 11.3. The summed E-state index contributed by atoms with van der Waals surface area (Å²) in [5, 5.41) is 22.2. The number of anilines is 1. The van der Waals surface area contributed by atoms with Gasteiger partial charge >= 0.3 is 6.03 Å². The van der Waals surface area contributed by atoms with E-state index in [0.29, 0.717) is 51.7 Å². The molecular weight excluding hydrogens is 741 g/mol. The molecule has 0 aliphatic carbocycles. The zero-order valence-electron chi connectivity index (χ0n) is 33.8. The number of carbonyl (C=O) groups is 1. The number of nitriles is 1. The second-order valence-corrected chi connectivity index (χ2v) is 14.9. The summed E-state index contributed by atoms with van der Waals surface area (Å²) < 4.78 is 9.02. The zero-order valence-corrected chi connectivity index (χ0v) is 33.8. The maximum atomic E-state index is 14.4. The molecule has 0 bridgehead atoms. The molecule has 3 heterocycles. The molecule has 12 heteroatoms. The van der Waals surface area contributed by atoms with Crippen LogP contribution in [-0.4, -0.2) is 42.2 Å². The smallest absolute Gasteiger partial charge is 0.351 e. The second kappa shape index (κ2) is 20.8. The summed E-state index contributed by atoms with van der Waals surface area (Å²) >= 11 is 0. The number of nitrogens with one attached hydrogen (secondary N) is 1. The van der Waals surface area contributed by atoms with Gasteiger partial charge in [0.2, 0.25) is 0 Å². The summed E-state index contributed by atoms with van der Waals surface area (Å²) in [7, 11) is 0. The molecule has 0 aliphatic rings. The van der Waals surface area contributed by atoms with Crippen molar-refractivity contribution in [3.05, 3.63) is 126 Å². The third-order valence-electron chi connectivity index (χ3n) is 10.5. The first-order chi connectivity index (χ1) is 29.1. The summed E-state index contributed by atoms with van der Waals surface area (Å²) in [5.74, 6) is 2.02. The van der Waals surface area contributed by atoms with Crippen molar-refractivity contribution in [1.82, 2.24) is 29.6 Å². The number of hydrogen-bond acceptors (Lipinski definition) is 8. The number of amides is 1. The molecule has 3 aromatic heterocycles. The van der Waals surface area contributed by atoms with Gasteiger partial charge in [0.15, 0.2) is 17.2 Å². The van der Waals surface area contributed by atoms with Gasteiger partial charge in [0.05, 0.1) is 18.7 Å². The van der Waals surface area contributed by atoms with Gasteiger partial charge in [-0.1, -0.05) is 125 Å². The van der Waals surface area contributed by atoms with Crippen molar-refractivity contribution >= 4 is 28.4 Å². The highest BCUT2D eigenvalue weighted by atomic mass is 17.2. The van der Waals surface area contributed by atoms with Gasteiger partial charge in [-0.15, -0.1) is 5.10 Å². The lowest BCUT2D eigenvalue weighted by atomic mass is 10.1. The number of benzene rings is 4. The average Bonchev–Trinajstić information content (AvgIpc) is 3.98. The maximum Gasteiger partial charge on any atom is 0.351 e. The Kier molecular flexibility index (Phi) is 14.4. The van der Waals surface area contributed by atoms with Crippen LogP contribution in [0, 0.1) is 11.3 Å². The van der Waals surface area contributed by atoms with Crippen molar-refractivity contribution < 1.29 is 19.3 Å². The maximum absolute atomic E-state index is 14.4. The van der Waals surface area contributed by atoms with E-state index in [1.807, 2.05) is 78.9 Å². The van der Waals surface area contributed by atoms with Crippen molar-refractivity contribution in [2.45, 2.75) is 97.1 Å². The van der Waals surface area contributed by atoms with Crippen LogP contribution in [0.3, 0.4) is 0 Å². The minimum absolute atomic E-state index is 0.0819. The van der Waals surface area contributed by atoms with Crippen LogP contribution in [0.15, 0.2) is 109 Å². The standard InChI is InChI=1S/C47H52N8O4/c1-2-3-4-5-6-7-8-9-10-11-12-19-30-57-40-27-25-37(26-28-40)45-49-46-42(32-48)38(34-54(46)51-45)33-53(39-20-15-13-16-21-39)47(56)55-44-31-36(24-29-43(44)50-52-55)35-58-59-41-22-17-14-18-23-41/h13-18,20-29,31,34H,2-12,19,30,33,35H2,1H3,(H,49,51). The predicted molar refractivity (Wildman–Crippen MR) is 229 cm³/mol. The van der Waals surface area contributed by atoms with Gasteiger partial charge in [0, 0.05) is 23.0 Å². The molecule has 304 valence electrons. The molecule has 4 aromatic carbocycles. The van der Waals surface area contributed by atoms with Gasteiger partial charge < -0.3 is 9.62 Å². The molecule has 1 amide bonds. The Morgan fingerprint density at radius 1 is 0.797 bits per heavy atom. The lowest BCUT2D eigenvalue weighted by Crippen LogP contribution is -2.35. The number of hydrogen-bond donors (Lipinski definition) is 1. The third kappa shape index (κ3) is 10.7. The third-order valence-corrected chi connectivity index (χ3v) is 10.5. The van der Waals surface area contributed by atoms with Crippen molar-refractivity contribution in [3.8, 4) is 29.0 Å². The fourth-order valence-corrected chi connectivity index (χ4v) is 7.20. The molecule has 1 N–H and O–H groups in total. The largest absolute Gasteiger partial charge is 0.494 e. The molecule has 0 unspecified atom stereocenters. The van der Waals surface area contributed by atoms with Crippen LogP contribution >= 0.6 is 0 Å². The molecule has 0 aliphatic heterocycles. The van der Waals surface area contributed by atoms with Crippen LogP contribution in [0.25, 0.3) is 28.1 Å². The van der Waals surface area contributed by atoms with Gasteiger partial charge in [0.25, 0.3) is 0 Å².